The second kappa shape index (κ2) is 7.85. The van der Waals surface area contributed by atoms with Crippen LogP contribution in [0, 0.1) is 0 Å². The number of hydrogen-bond donors (Lipinski definition) is 1. The predicted octanol–water partition coefficient (Wildman–Crippen LogP) is 4.10. The van der Waals surface area contributed by atoms with E-state index in [9.17, 15) is 4.79 Å². The number of nitrogens with one attached hydrogen (secondary N) is 1. The van der Waals surface area contributed by atoms with Crippen LogP contribution in [0.4, 0.5) is 0 Å². The van der Waals surface area contributed by atoms with Crippen LogP contribution in [0.15, 0.2) is 48.5 Å². The number of rotatable bonds is 6. The number of amides is 1. The maximum Gasteiger partial charge on any atom is 0.251 e. The number of halogens is 1. The van der Waals surface area contributed by atoms with Crippen molar-refractivity contribution in [3.8, 4) is 5.75 Å². The van der Waals surface area contributed by atoms with Gasteiger partial charge in [0.25, 0.3) is 5.91 Å². The summed E-state index contributed by atoms with van der Waals surface area (Å²) in [5.41, 5.74) is 1.74. The van der Waals surface area contributed by atoms with Crippen LogP contribution in [0.3, 0.4) is 0 Å². The zero-order valence-electron chi connectivity index (χ0n) is 12.8. The highest BCUT2D eigenvalue weighted by molar-refractivity contribution is 6.30. The Morgan fingerprint density at radius 1 is 1.23 bits per heavy atom. The number of ether oxygens (including phenoxy) is 1. The molecule has 0 heterocycles. The Morgan fingerprint density at radius 2 is 1.95 bits per heavy atom. The largest absolute Gasteiger partial charge is 0.494 e. The van der Waals surface area contributed by atoms with Gasteiger partial charge in [0, 0.05) is 16.6 Å². The van der Waals surface area contributed by atoms with Gasteiger partial charge in [0.1, 0.15) is 5.75 Å². The van der Waals surface area contributed by atoms with E-state index in [4.69, 9.17) is 16.3 Å². The highest BCUT2D eigenvalue weighted by Gasteiger charge is 2.11. The molecule has 0 fully saturated rings. The van der Waals surface area contributed by atoms with Crippen molar-refractivity contribution in [2.45, 2.75) is 26.3 Å². The standard InChI is InChI=1S/C18H20ClNO2/c1-3-22-17-6-4-5-15(12-17)18(21)20-13(2)11-14-7-9-16(19)10-8-14/h4-10,12-13H,3,11H2,1-2H3,(H,20,21)/t13-/m1/s1. The Hall–Kier alpha value is -2.00. The van der Waals surface area contributed by atoms with Crippen molar-refractivity contribution in [2.24, 2.45) is 0 Å². The number of carbonyl (C=O) groups excluding carboxylic acids is 1. The van der Waals surface area contributed by atoms with Crippen LogP contribution < -0.4 is 10.1 Å². The lowest BCUT2D eigenvalue weighted by atomic mass is 10.1. The Morgan fingerprint density at radius 3 is 2.64 bits per heavy atom. The summed E-state index contributed by atoms with van der Waals surface area (Å²) in [5, 5.41) is 3.72. The molecule has 1 atom stereocenters. The van der Waals surface area contributed by atoms with Gasteiger partial charge in [-0.05, 0) is 56.2 Å². The van der Waals surface area contributed by atoms with E-state index in [1.54, 1.807) is 12.1 Å². The summed E-state index contributed by atoms with van der Waals surface area (Å²) in [6.45, 7) is 4.48. The smallest absolute Gasteiger partial charge is 0.251 e. The van der Waals surface area contributed by atoms with E-state index in [0.717, 1.165) is 12.0 Å². The quantitative estimate of drug-likeness (QED) is 0.871. The van der Waals surface area contributed by atoms with Gasteiger partial charge in [-0.1, -0.05) is 29.8 Å². The molecule has 0 bridgehead atoms. The topological polar surface area (TPSA) is 38.3 Å². The van der Waals surface area contributed by atoms with Crippen molar-refractivity contribution >= 4 is 17.5 Å². The fourth-order valence-electron chi connectivity index (χ4n) is 2.23. The van der Waals surface area contributed by atoms with E-state index >= 15 is 0 Å². The molecule has 0 aliphatic carbocycles. The van der Waals surface area contributed by atoms with Crippen LogP contribution >= 0.6 is 11.6 Å². The number of benzene rings is 2. The second-order valence-electron chi connectivity index (χ2n) is 5.17. The SMILES string of the molecule is CCOc1cccc(C(=O)N[C@H](C)Cc2ccc(Cl)cc2)c1. The first-order valence-corrected chi connectivity index (χ1v) is 7.74. The molecule has 1 N–H and O–H groups in total. The molecule has 0 spiro atoms. The lowest BCUT2D eigenvalue weighted by molar-refractivity contribution is 0.0939. The summed E-state index contributed by atoms with van der Waals surface area (Å²) in [6.07, 6.45) is 0.758. The minimum Gasteiger partial charge on any atom is -0.494 e. The Labute approximate surface area is 136 Å². The molecule has 22 heavy (non-hydrogen) atoms. The third kappa shape index (κ3) is 4.78. The van der Waals surface area contributed by atoms with Gasteiger partial charge in [0.2, 0.25) is 0 Å². The summed E-state index contributed by atoms with van der Waals surface area (Å²) in [7, 11) is 0. The van der Waals surface area contributed by atoms with Gasteiger partial charge in [-0.3, -0.25) is 4.79 Å². The minimum atomic E-state index is -0.0944. The normalized spacial score (nSPS) is 11.8. The van der Waals surface area contributed by atoms with Gasteiger partial charge in [0.05, 0.1) is 6.61 Å². The summed E-state index contributed by atoms with van der Waals surface area (Å²) in [4.78, 5) is 12.3. The molecule has 0 aromatic heterocycles. The molecular weight excluding hydrogens is 298 g/mol. The Balaban J connectivity index is 1.95. The predicted molar refractivity (Wildman–Crippen MR) is 89.7 cm³/mol. The van der Waals surface area contributed by atoms with E-state index in [1.165, 1.54) is 0 Å². The van der Waals surface area contributed by atoms with E-state index < -0.39 is 0 Å². The summed E-state index contributed by atoms with van der Waals surface area (Å²) < 4.78 is 5.42. The molecule has 1 amide bonds. The van der Waals surface area contributed by atoms with Crippen molar-refractivity contribution in [3.05, 3.63) is 64.7 Å². The monoisotopic (exact) mass is 317 g/mol. The lowest BCUT2D eigenvalue weighted by Gasteiger charge is -2.14. The van der Waals surface area contributed by atoms with Crippen LogP contribution in [0.5, 0.6) is 5.75 Å². The fourth-order valence-corrected chi connectivity index (χ4v) is 2.35. The maximum absolute atomic E-state index is 12.3. The first-order chi connectivity index (χ1) is 10.6. The average molecular weight is 318 g/mol. The van der Waals surface area contributed by atoms with Crippen LogP contribution in [0.25, 0.3) is 0 Å². The van der Waals surface area contributed by atoms with Crippen molar-refractivity contribution in [3.63, 3.8) is 0 Å². The highest BCUT2D eigenvalue weighted by atomic mass is 35.5. The Bertz CT molecular complexity index is 625. The Kier molecular flexibility index (Phi) is 5.84. The maximum atomic E-state index is 12.3. The molecule has 2 aromatic carbocycles. The average Bonchev–Trinajstić information content (AvgIpc) is 2.50. The molecule has 0 saturated heterocycles. The van der Waals surface area contributed by atoms with Crippen LogP contribution in [-0.2, 0) is 6.42 Å². The molecule has 2 rings (SSSR count). The highest BCUT2D eigenvalue weighted by Crippen LogP contribution is 2.14. The van der Waals surface area contributed by atoms with Crippen LogP contribution in [-0.4, -0.2) is 18.6 Å². The van der Waals surface area contributed by atoms with E-state index in [1.807, 2.05) is 50.2 Å². The zero-order valence-corrected chi connectivity index (χ0v) is 13.6. The van der Waals surface area contributed by atoms with E-state index in [-0.39, 0.29) is 11.9 Å². The van der Waals surface area contributed by atoms with Gasteiger partial charge in [-0.25, -0.2) is 0 Å². The van der Waals surface area contributed by atoms with Gasteiger partial charge >= 0.3 is 0 Å². The van der Waals surface area contributed by atoms with Crippen molar-refractivity contribution in [1.82, 2.24) is 5.32 Å². The van der Waals surface area contributed by atoms with Crippen LogP contribution in [0.2, 0.25) is 5.02 Å². The van der Waals surface area contributed by atoms with Crippen molar-refractivity contribution < 1.29 is 9.53 Å². The van der Waals surface area contributed by atoms with Crippen LogP contribution in [0.1, 0.15) is 29.8 Å². The van der Waals surface area contributed by atoms with E-state index in [0.29, 0.717) is 22.9 Å². The first kappa shape index (κ1) is 16.4. The van der Waals surface area contributed by atoms with Gasteiger partial charge in [-0.15, -0.1) is 0 Å². The third-order valence-corrected chi connectivity index (χ3v) is 3.49. The van der Waals surface area contributed by atoms with Gasteiger partial charge in [0.15, 0.2) is 0 Å². The lowest BCUT2D eigenvalue weighted by Crippen LogP contribution is -2.34. The molecule has 116 valence electrons. The molecule has 0 aliphatic rings. The number of carbonyl (C=O) groups is 1. The molecule has 0 saturated carbocycles. The van der Waals surface area contributed by atoms with Gasteiger partial charge in [-0.2, -0.15) is 0 Å². The summed E-state index contributed by atoms with van der Waals surface area (Å²) >= 11 is 5.87. The molecule has 2 aromatic rings. The molecule has 4 heteroatoms. The van der Waals surface area contributed by atoms with Gasteiger partial charge < -0.3 is 10.1 Å². The molecule has 0 aliphatic heterocycles. The van der Waals surface area contributed by atoms with Crippen molar-refractivity contribution in [1.29, 1.82) is 0 Å². The molecule has 0 radical (unpaired) electrons. The third-order valence-electron chi connectivity index (χ3n) is 3.24. The zero-order chi connectivity index (χ0) is 15.9. The molecule has 3 nitrogen and oxygen atoms in total. The van der Waals surface area contributed by atoms with E-state index in [2.05, 4.69) is 5.32 Å². The minimum absolute atomic E-state index is 0.0319. The summed E-state index contributed by atoms with van der Waals surface area (Å²) in [6, 6.07) is 14.9. The first-order valence-electron chi connectivity index (χ1n) is 7.36. The second-order valence-corrected chi connectivity index (χ2v) is 5.60. The molecular formula is C18H20ClNO2. The summed E-state index contributed by atoms with van der Waals surface area (Å²) in [5.74, 6) is 0.614. The number of hydrogen-bond acceptors (Lipinski definition) is 2. The van der Waals surface area contributed by atoms with Crippen molar-refractivity contribution in [2.75, 3.05) is 6.61 Å². The molecule has 0 unspecified atom stereocenters. The fraction of sp³-hybridized carbons (Fsp3) is 0.278.